The zero-order valence-electron chi connectivity index (χ0n) is 11.9. The monoisotopic (exact) mass is 349 g/mol. The van der Waals surface area contributed by atoms with Crippen molar-refractivity contribution in [2.45, 2.75) is 26.2 Å². The fourth-order valence-corrected chi connectivity index (χ4v) is 3.38. The third kappa shape index (κ3) is 2.85. The van der Waals surface area contributed by atoms with Gasteiger partial charge in [-0.2, -0.15) is 0 Å². The van der Waals surface area contributed by atoms with Gasteiger partial charge in [-0.05, 0) is 78.3 Å². The SMILES string of the molecule is Cc1nc(-c2ccc(F)cc2Br)nc2c1CC(CN)CC2. The number of aromatic nitrogens is 2. The molecule has 0 radical (unpaired) electrons. The minimum absolute atomic E-state index is 0.272. The summed E-state index contributed by atoms with van der Waals surface area (Å²) in [5.74, 6) is 0.915. The van der Waals surface area contributed by atoms with Gasteiger partial charge >= 0.3 is 0 Å². The van der Waals surface area contributed by atoms with Crippen LogP contribution in [0.3, 0.4) is 0 Å². The number of hydrogen-bond donors (Lipinski definition) is 1. The first-order chi connectivity index (χ1) is 10.1. The normalized spacial score (nSPS) is 17.6. The molecule has 1 aromatic carbocycles. The first kappa shape index (κ1) is 14.6. The topological polar surface area (TPSA) is 51.8 Å². The molecule has 1 unspecified atom stereocenters. The lowest BCUT2D eigenvalue weighted by atomic mass is 9.86. The molecule has 0 fully saturated rings. The summed E-state index contributed by atoms with van der Waals surface area (Å²) < 4.78 is 13.9. The summed E-state index contributed by atoms with van der Waals surface area (Å²) in [6.45, 7) is 2.73. The first-order valence-electron chi connectivity index (χ1n) is 7.10. The smallest absolute Gasteiger partial charge is 0.160 e. The van der Waals surface area contributed by atoms with Gasteiger partial charge in [-0.3, -0.25) is 0 Å². The zero-order chi connectivity index (χ0) is 15.0. The third-order valence-corrected chi connectivity index (χ3v) is 4.74. The standard InChI is InChI=1S/C16H17BrFN3/c1-9-13-6-10(8-19)2-5-15(13)21-16(20-9)12-4-3-11(18)7-14(12)17/h3-4,7,10H,2,5-6,8,19H2,1H3. The minimum atomic E-state index is -0.272. The van der Waals surface area contributed by atoms with Gasteiger partial charge in [0.05, 0.1) is 0 Å². The molecule has 2 N–H and O–H groups in total. The van der Waals surface area contributed by atoms with Crippen LogP contribution in [0.5, 0.6) is 0 Å². The molecule has 3 nitrogen and oxygen atoms in total. The van der Waals surface area contributed by atoms with Crippen molar-refractivity contribution in [1.82, 2.24) is 9.97 Å². The molecule has 110 valence electrons. The largest absolute Gasteiger partial charge is 0.330 e. The van der Waals surface area contributed by atoms with Gasteiger partial charge < -0.3 is 5.73 Å². The highest BCUT2D eigenvalue weighted by Crippen LogP contribution is 2.31. The van der Waals surface area contributed by atoms with E-state index in [0.717, 1.165) is 36.2 Å². The van der Waals surface area contributed by atoms with Crippen molar-refractivity contribution < 1.29 is 4.39 Å². The number of benzene rings is 1. The summed E-state index contributed by atoms with van der Waals surface area (Å²) in [5.41, 5.74) is 9.95. The molecule has 21 heavy (non-hydrogen) atoms. The lowest BCUT2D eigenvalue weighted by Gasteiger charge is -2.24. The Bertz CT molecular complexity index is 687. The molecule has 0 bridgehead atoms. The maximum atomic E-state index is 13.2. The van der Waals surface area contributed by atoms with Crippen LogP contribution in [0, 0.1) is 18.7 Å². The highest BCUT2D eigenvalue weighted by molar-refractivity contribution is 9.10. The van der Waals surface area contributed by atoms with E-state index in [9.17, 15) is 4.39 Å². The van der Waals surface area contributed by atoms with Gasteiger partial charge in [0.25, 0.3) is 0 Å². The Morgan fingerprint density at radius 1 is 1.38 bits per heavy atom. The molecule has 1 atom stereocenters. The van der Waals surface area contributed by atoms with Gasteiger partial charge in [-0.25, -0.2) is 14.4 Å². The number of rotatable bonds is 2. The molecule has 0 aliphatic heterocycles. The van der Waals surface area contributed by atoms with Gasteiger partial charge in [0.15, 0.2) is 5.82 Å². The van der Waals surface area contributed by atoms with Crippen LogP contribution in [0.1, 0.15) is 23.4 Å². The number of halogens is 2. The van der Waals surface area contributed by atoms with E-state index < -0.39 is 0 Å². The van der Waals surface area contributed by atoms with Gasteiger partial charge in [0.2, 0.25) is 0 Å². The van der Waals surface area contributed by atoms with Crippen molar-refractivity contribution in [3.63, 3.8) is 0 Å². The van der Waals surface area contributed by atoms with E-state index in [-0.39, 0.29) is 5.82 Å². The van der Waals surface area contributed by atoms with Gasteiger partial charge in [0, 0.05) is 21.4 Å². The Morgan fingerprint density at radius 2 is 2.19 bits per heavy atom. The molecule has 2 aromatic rings. The molecule has 0 saturated carbocycles. The van der Waals surface area contributed by atoms with E-state index in [0.29, 0.717) is 22.8 Å². The van der Waals surface area contributed by atoms with Crippen LogP contribution in [0.15, 0.2) is 22.7 Å². The Labute approximate surface area is 131 Å². The maximum absolute atomic E-state index is 13.2. The highest BCUT2D eigenvalue weighted by atomic mass is 79.9. The van der Waals surface area contributed by atoms with Crippen LogP contribution in [0.25, 0.3) is 11.4 Å². The average Bonchev–Trinajstić information content (AvgIpc) is 2.47. The Morgan fingerprint density at radius 3 is 2.90 bits per heavy atom. The quantitative estimate of drug-likeness (QED) is 0.903. The molecule has 0 amide bonds. The van der Waals surface area contributed by atoms with E-state index in [2.05, 4.69) is 20.9 Å². The van der Waals surface area contributed by atoms with Crippen molar-refractivity contribution in [3.8, 4) is 11.4 Å². The van der Waals surface area contributed by atoms with Crippen molar-refractivity contribution >= 4 is 15.9 Å². The molecule has 5 heteroatoms. The minimum Gasteiger partial charge on any atom is -0.330 e. The van der Waals surface area contributed by atoms with E-state index in [4.69, 9.17) is 10.7 Å². The van der Waals surface area contributed by atoms with Crippen molar-refractivity contribution in [2.75, 3.05) is 6.54 Å². The van der Waals surface area contributed by atoms with Crippen molar-refractivity contribution in [1.29, 1.82) is 0 Å². The summed E-state index contributed by atoms with van der Waals surface area (Å²) in [6, 6.07) is 4.59. The van der Waals surface area contributed by atoms with E-state index in [1.54, 1.807) is 6.07 Å². The van der Waals surface area contributed by atoms with E-state index in [1.807, 2.05) is 6.92 Å². The molecule has 1 heterocycles. The first-order valence-corrected chi connectivity index (χ1v) is 7.89. The average molecular weight is 350 g/mol. The summed E-state index contributed by atoms with van der Waals surface area (Å²) in [7, 11) is 0. The highest BCUT2D eigenvalue weighted by Gasteiger charge is 2.22. The molecular formula is C16H17BrFN3. The number of hydrogen-bond acceptors (Lipinski definition) is 3. The molecule has 1 aromatic heterocycles. The van der Waals surface area contributed by atoms with E-state index >= 15 is 0 Å². The number of aryl methyl sites for hydroxylation is 2. The van der Waals surface area contributed by atoms with Crippen LogP contribution < -0.4 is 5.73 Å². The molecule has 0 spiro atoms. The van der Waals surface area contributed by atoms with Crippen molar-refractivity contribution in [3.05, 3.63) is 45.4 Å². The summed E-state index contributed by atoms with van der Waals surface area (Å²) >= 11 is 3.39. The Kier molecular flexibility index (Phi) is 4.04. The summed E-state index contributed by atoms with van der Waals surface area (Å²) in [4.78, 5) is 9.31. The van der Waals surface area contributed by atoms with Crippen LogP contribution in [0.4, 0.5) is 4.39 Å². The van der Waals surface area contributed by atoms with Crippen LogP contribution in [0.2, 0.25) is 0 Å². The third-order valence-electron chi connectivity index (χ3n) is 4.09. The van der Waals surface area contributed by atoms with Gasteiger partial charge in [0.1, 0.15) is 5.82 Å². The second kappa shape index (κ2) is 5.81. The zero-order valence-corrected chi connectivity index (χ0v) is 13.5. The van der Waals surface area contributed by atoms with E-state index in [1.165, 1.54) is 17.7 Å². The van der Waals surface area contributed by atoms with Crippen LogP contribution in [-0.4, -0.2) is 16.5 Å². The molecule has 3 rings (SSSR count). The second-order valence-corrected chi connectivity index (χ2v) is 6.38. The fourth-order valence-electron chi connectivity index (χ4n) is 2.85. The lowest BCUT2D eigenvalue weighted by molar-refractivity contribution is 0.460. The van der Waals surface area contributed by atoms with Gasteiger partial charge in [-0.15, -0.1) is 0 Å². The van der Waals surface area contributed by atoms with Crippen molar-refractivity contribution in [2.24, 2.45) is 11.7 Å². The number of fused-ring (bicyclic) bond motifs is 1. The second-order valence-electron chi connectivity index (χ2n) is 5.53. The fraction of sp³-hybridized carbons (Fsp3) is 0.375. The summed E-state index contributed by atoms with van der Waals surface area (Å²) in [5, 5.41) is 0. The maximum Gasteiger partial charge on any atom is 0.160 e. The van der Waals surface area contributed by atoms with Gasteiger partial charge in [-0.1, -0.05) is 0 Å². The molecule has 1 aliphatic rings. The number of nitrogens with zero attached hydrogens (tertiary/aromatic N) is 2. The molecule has 0 saturated heterocycles. The Hall–Kier alpha value is -1.33. The predicted octanol–water partition coefficient (Wildman–Crippen LogP) is 3.42. The Balaban J connectivity index is 2.04. The number of nitrogens with two attached hydrogens (primary N) is 1. The predicted molar refractivity (Wildman–Crippen MR) is 84.4 cm³/mol. The summed E-state index contributed by atoms with van der Waals surface area (Å²) in [6.07, 6.45) is 2.97. The van der Waals surface area contributed by atoms with Crippen LogP contribution >= 0.6 is 15.9 Å². The molecular weight excluding hydrogens is 333 g/mol. The lowest BCUT2D eigenvalue weighted by Crippen LogP contribution is -2.24. The molecule has 1 aliphatic carbocycles. The van der Waals surface area contributed by atoms with Crippen LogP contribution in [-0.2, 0) is 12.8 Å².